The van der Waals surface area contributed by atoms with Gasteiger partial charge in [-0.25, -0.2) is 9.50 Å². The van der Waals surface area contributed by atoms with Crippen LogP contribution in [0, 0.1) is 6.92 Å². The molecule has 1 atom stereocenters. The van der Waals surface area contributed by atoms with Crippen LogP contribution in [0.2, 0.25) is 5.15 Å². The van der Waals surface area contributed by atoms with Crippen LogP contribution in [-0.4, -0.2) is 33.9 Å². The fraction of sp³-hybridized carbons (Fsp3) is 0.500. The number of hydrogen-bond acceptors (Lipinski definition) is 4. The quantitative estimate of drug-likeness (QED) is 0.926. The second-order valence-corrected chi connectivity index (χ2v) is 4.92. The number of halogens is 1. The van der Waals surface area contributed by atoms with Crippen LogP contribution in [0.4, 0.5) is 5.69 Å². The molecule has 0 amide bonds. The van der Waals surface area contributed by atoms with E-state index in [1.165, 1.54) is 0 Å². The second-order valence-electron chi connectivity index (χ2n) is 4.53. The highest BCUT2D eigenvalue weighted by molar-refractivity contribution is 6.29. The molecule has 0 aromatic carbocycles. The number of imidazole rings is 1. The van der Waals surface area contributed by atoms with Crippen LogP contribution in [0.1, 0.15) is 18.5 Å². The number of rotatable bonds is 3. The van der Waals surface area contributed by atoms with Gasteiger partial charge in [0.2, 0.25) is 0 Å². The fourth-order valence-corrected chi connectivity index (χ4v) is 2.39. The van der Waals surface area contributed by atoms with Crippen LogP contribution in [0.15, 0.2) is 12.3 Å². The maximum absolute atomic E-state index is 6.02. The van der Waals surface area contributed by atoms with Gasteiger partial charge in [0, 0.05) is 19.2 Å². The van der Waals surface area contributed by atoms with Gasteiger partial charge in [0.15, 0.2) is 10.8 Å². The largest absolute Gasteiger partial charge is 0.379 e. The van der Waals surface area contributed by atoms with Crippen molar-refractivity contribution in [1.29, 1.82) is 0 Å². The van der Waals surface area contributed by atoms with E-state index in [0.29, 0.717) is 5.15 Å². The molecule has 0 aliphatic carbocycles. The predicted octanol–water partition coefficient (Wildman–Crippen LogP) is 2.28. The molecule has 5 nitrogen and oxygen atoms in total. The molecule has 1 fully saturated rings. The zero-order valence-corrected chi connectivity index (χ0v) is 10.9. The van der Waals surface area contributed by atoms with Gasteiger partial charge in [0.1, 0.15) is 0 Å². The summed E-state index contributed by atoms with van der Waals surface area (Å²) in [6.45, 7) is 3.59. The fourth-order valence-electron chi connectivity index (χ4n) is 2.21. The molecule has 0 saturated carbocycles. The van der Waals surface area contributed by atoms with Gasteiger partial charge in [0.25, 0.3) is 0 Å². The van der Waals surface area contributed by atoms with E-state index < -0.39 is 0 Å². The minimum Gasteiger partial charge on any atom is -0.379 e. The van der Waals surface area contributed by atoms with Crippen LogP contribution in [0.3, 0.4) is 0 Å². The third-order valence-electron chi connectivity index (χ3n) is 3.15. The maximum atomic E-state index is 6.02. The van der Waals surface area contributed by atoms with Gasteiger partial charge in [0.05, 0.1) is 23.7 Å². The van der Waals surface area contributed by atoms with Gasteiger partial charge in [-0.3, -0.25) is 0 Å². The summed E-state index contributed by atoms with van der Waals surface area (Å²) in [5.41, 5.74) is 2.67. The molecule has 1 aliphatic rings. The summed E-state index contributed by atoms with van der Waals surface area (Å²) in [4.78, 5) is 4.34. The van der Waals surface area contributed by atoms with Crippen LogP contribution in [0.25, 0.3) is 5.65 Å². The van der Waals surface area contributed by atoms with Crippen LogP contribution in [0.5, 0.6) is 0 Å². The van der Waals surface area contributed by atoms with Crippen molar-refractivity contribution in [1.82, 2.24) is 14.6 Å². The first-order valence-electron chi connectivity index (χ1n) is 6.10. The molecule has 0 radical (unpaired) electrons. The van der Waals surface area contributed by atoms with Crippen molar-refractivity contribution in [2.24, 2.45) is 0 Å². The molecule has 1 N–H and O–H groups in total. The Labute approximate surface area is 110 Å². The number of nitrogens with zero attached hydrogens (tertiary/aromatic N) is 3. The Morgan fingerprint density at radius 1 is 1.61 bits per heavy atom. The normalized spacial score (nSPS) is 19.6. The summed E-state index contributed by atoms with van der Waals surface area (Å²) in [6, 6.07) is 1.80. The molecule has 96 valence electrons. The van der Waals surface area contributed by atoms with Gasteiger partial charge in [-0.15, -0.1) is 0 Å². The minimum atomic E-state index is 0.285. The topological polar surface area (TPSA) is 51.5 Å². The zero-order valence-electron chi connectivity index (χ0n) is 10.2. The molecule has 3 rings (SSSR count). The molecular weight excluding hydrogens is 252 g/mol. The standard InChI is InChI=1S/C12H15ClN4O/c1-8-6-15-12-10(5-11(13)16-17(8)12)14-7-9-3-2-4-18-9/h5-6,9,14H,2-4,7H2,1H3. The van der Waals surface area contributed by atoms with E-state index in [1.54, 1.807) is 16.8 Å². The molecule has 6 heteroatoms. The van der Waals surface area contributed by atoms with Crippen molar-refractivity contribution in [3.8, 4) is 0 Å². The second kappa shape index (κ2) is 4.74. The van der Waals surface area contributed by atoms with Gasteiger partial charge in [-0.1, -0.05) is 11.6 Å². The van der Waals surface area contributed by atoms with Crippen LogP contribution < -0.4 is 5.32 Å². The third-order valence-corrected chi connectivity index (χ3v) is 3.34. The SMILES string of the molecule is Cc1cnc2c(NCC3CCCO3)cc(Cl)nn12. The lowest BCUT2D eigenvalue weighted by atomic mass is 10.2. The van der Waals surface area contributed by atoms with Gasteiger partial charge in [-0.05, 0) is 19.8 Å². The lowest BCUT2D eigenvalue weighted by Gasteiger charge is -2.12. The average Bonchev–Trinajstić information content (AvgIpc) is 2.97. The highest BCUT2D eigenvalue weighted by Gasteiger charge is 2.16. The maximum Gasteiger partial charge on any atom is 0.177 e. The van der Waals surface area contributed by atoms with E-state index >= 15 is 0 Å². The monoisotopic (exact) mass is 266 g/mol. The van der Waals surface area contributed by atoms with Gasteiger partial charge < -0.3 is 10.1 Å². The lowest BCUT2D eigenvalue weighted by Crippen LogP contribution is -2.19. The first-order chi connectivity index (χ1) is 8.74. The highest BCUT2D eigenvalue weighted by atomic mass is 35.5. The minimum absolute atomic E-state index is 0.285. The Kier molecular flexibility index (Phi) is 3.09. The molecule has 3 heterocycles. The molecule has 1 saturated heterocycles. The molecule has 2 aromatic rings. The van der Waals surface area contributed by atoms with Crippen LogP contribution >= 0.6 is 11.6 Å². The molecule has 18 heavy (non-hydrogen) atoms. The first kappa shape index (κ1) is 11.7. The van der Waals surface area contributed by atoms with E-state index in [0.717, 1.165) is 43.0 Å². The summed E-state index contributed by atoms with van der Waals surface area (Å²) in [7, 11) is 0. The number of aromatic nitrogens is 3. The summed E-state index contributed by atoms with van der Waals surface area (Å²) in [5, 5.41) is 8.03. The van der Waals surface area contributed by atoms with E-state index in [4.69, 9.17) is 16.3 Å². The molecule has 2 aromatic heterocycles. The van der Waals surface area contributed by atoms with Crippen molar-refractivity contribution >= 4 is 22.9 Å². The highest BCUT2D eigenvalue weighted by Crippen LogP contribution is 2.21. The van der Waals surface area contributed by atoms with Gasteiger partial charge >= 0.3 is 0 Å². The molecule has 1 unspecified atom stereocenters. The summed E-state index contributed by atoms with van der Waals surface area (Å²) >= 11 is 6.02. The number of anilines is 1. The summed E-state index contributed by atoms with van der Waals surface area (Å²) in [6.07, 6.45) is 4.32. The zero-order chi connectivity index (χ0) is 12.5. The Hall–Kier alpha value is -1.33. The smallest absolute Gasteiger partial charge is 0.177 e. The number of fused-ring (bicyclic) bond motifs is 1. The van der Waals surface area contributed by atoms with Crippen molar-refractivity contribution in [2.75, 3.05) is 18.5 Å². The van der Waals surface area contributed by atoms with Crippen molar-refractivity contribution in [3.05, 3.63) is 23.1 Å². The Balaban J connectivity index is 1.85. The van der Waals surface area contributed by atoms with Crippen molar-refractivity contribution < 1.29 is 4.74 Å². The Morgan fingerprint density at radius 3 is 3.28 bits per heavy atom. The van der Waals surface area contributed by atoms with Crippen molar-refractivity contribution in [3.63, 3.8) is 0 Å². The van der Waals surface area contributed by atoms with E-state index in [-0.39, 0.29) is 6.10 Å². The van der Waals surface area contributed by atoms with E-state index in [2.05, 4.69) is 15.4 Å². The average molecular weight is 267 g/mol. The lowest BCUT2D eigenvalue weighted by molar-refractivity contribution is 0.120. The summed E-state index contributed by atoms with van der Waals surface area (Å²) in [5.74, 6) is 0. The number of ether oxygens (including phenoxy) is 1. The number of nitrogens with one attached hydrogen (secondary N) is 1. The molecule has 0 spiro atoms. The van der Waals surface area contributed by atoms with Gasteiger partial charge in [-0.2, -0.15) is 5.10 Å². The van der Waals surface area contributed by atoms with Crippen LogP contribution in [-0.2, 0) is 4.74 Å². The Morgan fingerprint density at radius 2 is 2.50 bits per heavy atom. The first-order valence-corrected chi connectivity index (χ1v) is 6.48. The molecule has 0 bridgehead atoms. The van der Waals surface area contributed by atoms with Crippen molar-refractivity contribution in [2.45, 2.75) is 25.9 Å². The number of aryl methyl sites for hydroxylation is 1. The Bertz CT molecular complexity index is 562. The molecular formula is C12H15ClN4O. The third kappa shape index (κ3) is 2.15. The van der Waals surface area contributed by atoms with E-state index in [9.17, 15) is 0 Å². The summed E-state index contributed by atoms with van der Waals surface area (Å²) < 4.78 is 7.33. The predicted molar refractivity (Wildman–Crippen MR) is 70.2 cm³/mol. The molecule has 1 aliphatic heterocycles. The van der Waals surface area contributed by atoms with E-state index in [1.807, 2.05) is 6.92 Å². The number of hydrogen-bond donors (Lipinski definition) is 1.